The fraction of sp³-hybridized carbons (Fsp3) is 0.667. The second-order valence-electron chi connectivity index (χ2n) is 5.75. The van der Waals surface area contributed by atoms with Crippen LogP contribution in [0.4, 0.5) is 13.2 Å². The molecule has 2 rings (SSSR count). The Labute approximate surface area is 171 Å². The van der Waals surface area contributed by atoms with Gasteiger partial charge in [0.25, 0.3) is 0 Å². The Kier molecular flexibility index (Phi) is 9.61. The topological polar surface area (TPSA) is 78.4 Å². The average Bonchev–Trinajstić information content (AvgIpc) is 2.97. The van der Waals surface area contributed by atoms with Crippen molar-refractivity contribution in [3.63, 3.8) is 0 Å². The van der Waals surface area contributed by atoms with Crippen molar-refractivity contribution in [1.29, 1.82) is 0 Å². The molecule has 26 heavy (non-hydrogen) atoms. The highest BCUT2D eigenvalue weighted by Crippen LogP contribution is 2.29. The number of rotatable bonds is 7. The molecule has 6 nitrogen and oxygen atoms in total. The van der Waals surface area contributed by atoms with Gasteiger partial charge in [-0.1, -0.05) is 6.42 Å². The Balaban J connectivity index is 0.00000338. The van der Waals surface area contributed by atoms with Gasteiger partial charge in [-0.3, -0.25) is 9.79 Å². The van der Waals surface area contributed by atoms with Crippen LogP contribution >= 0.6 is 35.3 Å². The number of hydrogen-bond acceptors (Lipinski definition) is 4. The minimum Gasteiger partial charge on any atom is -0.356 e. The summed E-state index contributed by atoms with van der Waals surface area (Å²) in [6.07, 6.45) is -0.598. The summed E-state index contributed by atoms with van der Waals surface area (Å²) in [4.78, 5) is 19.2. The average molecular weight is 505 g/mol. The van der Waals surface area contributed by atoms with Gasteiger partial charge in [-0.15, -0.1) is 35.3 Å². The van der Waals surface area contributed by atoms with Crippen LogP contribution in [-0.2, 0) is 17.5 Å². The van der Waals surface area contributed by atoms with Crippen LogP contribution in [-0.4, -0.2) is 37.0 Å². The zero-order valence-electron chi connectivity index (χ0n) is 14.4. The number of amides is 1. The molecule has 1 aliphatic carbocycles. The molecule has 0 atom stereocenters. The third-order valence-corrected chi connectivity index (χ3v) is 4.74. The van der Waals surface area contributed by atoms with Gasteiger partial charge in [0, 0.05) is 31.4 Å². The minimum atomic E-state index is -4.42. The van der Waals surface area contributed by atoms with Gasteiger partial charge in [0.05, 0.1) is 6.54 Å². The highest BCUT2D eigenvalue weighted by Gasteiger charge is 2.33. The van der Waals surface area contributed by atoms with E-state index in [1.807, 2.05) is 0 Å². The Morgan fingerprint density at radius 2 is 2.00 bits per heavy atom. The number of guanidine groups is 1. The fourth-order valence-corrected chi connectivity index (χ4v) is 2.96. The van der Waals surface area contributed by atoms with E-state index in [0.29, 0.717) is 24.1 Å². The minimum absolute atomic E-state index is 0. The molecule has 1 amide bonds. The van der Waals surface area contributed by atoms with Crippen LogP contribution in [0, 0.1) is 5.92 Å². The lowest BCUT2D eigenvalue weighted by Gasteiger charge is -2.24. The van der Waals surface area contributed by atoms with E-state index in [9.17, 15) is 18.0 Å². The summed E-state index contributed by atoms with van der Waals surface area (Å²) in [5, 5.41) is 10.2. The second-order valence-corrected chi connectivity index (χ2v) is 6.69. The van der Waals surface area contributed by atoms with Gasteiger partial charge in [0.2, 0.25) is 5.91 Å². The van der Waals surface area contributed by atoms with E-state index < -0.39 is 11.9 Å². The number of aliphatic imine (C=N–C) groups is 1. The molecule has 1 fully saturated rings. The van der Waals surface area contributed by atoms with Gasteiger partial charge in [-0.25, -0.2) is 4.98 Å². The van der Waals surface area contributed by atoms with Crippen molar-refractivity contribution in [2.24, 2.45) is 10.9 Å². The number of carbonyl (C=O) groups is 1. The predicted molar refractivity (Wildman–Crippen MR) is 106 cm³/mol. The first-order valence-electron chi connectivity index (χ1n) is 8.14. The molecule has 1 heterocycles. The second kappa shape index (κ2) is 10.9. The van der Waals surface area contributed by atoms with E-state index in [-0.39, 0.29) is 42.3 Å². The van der Waals surface area contributed by atoms with Gasteiger partial charge in [0.1, 0.15) is 5.01 Å². The van der Waals surface area contributed by atoms with Crippen molar-refractivity contribution in [2.45, 2.75) is 38.4 Å². The summed E-state index contributed by atoms with van der Waals surface area (Å²) in [6, 6.07) is 0. The Bertz CT molecular complexity index is 604. The first-order valence-corrected chi connectivity index (χ1v) is 9.02. The lowest BCUT2D eigenvalue weighted by atomic mass is 9.85. The van der Waals surface area contributed by atoms with E-state index >= 15 is 0 Å². The first-order chi connectivity index (χ1) is 11.9. The van der Waals surface area contributed by atoms with Crippen LogP contribution in [0.3, 0.4) is 0 Å². The maximum atomic E-state index is 12.5. The third-order valence-electron chi connectivity index (χ3n) is 3.89. The molecule has 11 heteroatoms. The molecule has 1 aromatic rings. The summed E-state index contributed by atoms with van der Waals surface area (Å²) < 4.78 is 37.5. The van der Waals surface area contributed by atoms with E-state index in [0.717, 1.165) is 42.4 Å². The predicted octanol–water partition coefficient (Wildman–Crippen LogP) is 2.75. The third kappa shape index (κ3) is 7.25. The first kappa shape index (κ1) is 22.9. The van der Waals surface area contributed by atoms with Crippen LogP contribution in [0.2, 0.25) is 0 Å². The molecule has 148 valence electrons. The molecule has 0 aliphatic heterocycles. The summed E-state index contributed by atoms with van der Waals surface area (Å²) in [5.74, 6) is 0.786. The summed E-state index contributed by atoms with van der Waals surface area (Å²) in [7, 11) is 1.58. The molecule has 0 radical (unpaired) electrons. The Morgan fingerprint density at radius 3 is 2.54 bits per heavy atom. The monoisotopic (exact) mass is 505 g/mol. The number of nitrogens with one attached hydrogen (secondary N) is 3. The molecule has 1 saturated carbocycles. The van der Waals surface area contributed by atoms with Crippen molar-refractivity contribution in [1.82, 2.24) is 20.9 Å². The Morgan fingerprint density at radius 1 is 1.31 bits per heavy atom. The van der Waals surface area contributed by atoms with Gasteiger partial charge in [-0.05, 0) is 19.3 Å². The lowest BCUT2D eigenvalue weighted by molar-refractivity contribution is -0.140. The zero-order chi connectivity index (χ0) is 18.3. The zero-order valence-corrected chi connectivity index (χ0v) is 17.5. The molecule has 0 unspecified atom stereocenters. The smallest absolute Gasteiger partial charge is 0.356 e. The quantitative estimate of drug-likeness (QED) is 0.231. The molecule has 0 aromatic carbocycles. The number of aromatic nitrogens is 1. The molecule has 0 bridgehead atoms. The van der Waals surface area contributed by atoms with Crippen LogP contribution in [0.15, 0.2) is 10.4 Å². The number of carbonyl (C=O) groups excluding carboxylic acids is 1. The standard InChI is InChI=1S/C15H22F3N5OS.HI/c1-19-14(21-7-3-6-20-13(24)10-4-2-5-10)22-8-12-23-11(9-25-12)15(16,17)18;/h9-10H,2-8H2,1H3,(H,20,24)(H2,19,21,22);1H. The van der Waals surface area contributed by atoms with Crippen LogP contribution in [0.1, 0.15) is 36.4 Å². The van der Waals surface area contributed by atoms with Gasteiger partial charge < -0.3 is 16.0 Å². The molecule has 1 aliphatic rings. The number of alkyl halides is 3. The van der Waals surface area contributed by atoms with Crippen LogP contribution < -0.4 is 16.0 Å². The van der Waals surface area contributed by atoms with Gasteiger partial charge in [0.15, 0.2) is 11.7 Å². The van der Waals surface area contributed by atoms with Crippen LogP contribution in [0.5, 0.6) is 0 Å². The number of thiazole rings is 1. The van der Waals surface area contributed by atoms with Gasteiger partial charge in [-0.2, -0.15) is 13.2 Å². The SMILES string of the molecule is CN=C(NCCCNC(=O)C1CCC1)NCc1nc(C(F)(F)F)cs1.I. The van der Waals surface area contributed by atoms with Crippen molar-refractivity contribution in [2.75, 3.05) is 20.1 Å². The maximum absolute atomic E-state index is 12.5. The normalized spacial score (nSPS) is 15.0. The van der Waals surface area contributed by atoms with E-state index in [2.05, 4.69) is 25.9 Å². The van der Waals surface area contributed by atoms with E-state index in [1.54, 1.807) is 7.05 Å². The van der Waals surface area contributed by atoms with Crippen LogP contribution in [0.25, 0.3) is 0 Å². The molecular weight excluding hydrogens is 482 g/mol. The summed E-state index contributed by atoms with van der Waals surface area (Å²) >= 11 is 0.950. The van der Waals surface area contributed by atoms with E-state index in [4.69, 9.17) is 0 Å². The fourth-order valence-electron chi connectivity index (χ4n) is 2.22. The largest absolute Gasteiger partial charge is 0.434 e. The highest BCUT2D eigenvalue weighted by molar-refractivity contribution is 14.0. The Hall–Kier alpha value is -1.11. The van der Waals surface area contributed by atoms with E-state index in [1.165, 1.54) is 0 Å². The summed E-state index contributed by atoms with van der Waals surface area (Å²) in [6.45, 7) is 1.34. The van der Waals surface area contributed by atoms with Gasteiger partial charge >= 0.3 is 6.18 Å². The number of halogens is 4. The lowest BCUT2D eigenvalue weighted by Crippen LogP contribution is -2.39. The molecule has 1 aromatic heterocycles. The molecular formula is C15H23F3IN5OS. The maximum Gasteiger partial charge on any atom is 0.434 e. The van der Waals surface area contributed by atoms with Crippen molar-refractivity contribution >= 4 is 47.2 Å². The summed E-state index contributed by atoms with van der Waals surface area (Å²) in [5.41, 5.74) is -0.876. The molecule has 0 spiro atoms. The molecule has 0 saturated heterocycles. The van der Waals surface area contributed by atoms with Crippen molar-refractivity contribution in [3.8, 4) is 0 Å². The molecule has 3 N–H and O–H groups in total. The number of hydrogen-bond donors (Lipinski definition) is 3. The van der Waals surface area contributed by atoms with Crippen molar-refractivity contribution in [3.05, 3.63) is 16.1 Å². The van der Waals surface area contributed by atoms with Crippen molar-refractivity contribution < 1.29 is 18.0 Å². The number of nitrogens with zero attached hydrogens (tertiary/aromatic N) is 2. The highest BCUT2D eigenvalue weighted by atomic mass is 127.